The molecule has 27 heavy (non-hydrogen) atoms. The van der Waals surface area contributed by atoms with Crippen LogP contribution in [0.5, 0.6) is 5.75 Å². The van der Waals surface area contributed by atoms with Crippen LogP contribution >= 0.6 is 0 Å². The third-order valence-electron chi connectivity index (χ3n) is 5.21. The molecule has 0 aliphatic carbocycles. The van der Waals surface area contributed by atoms with Crippen molar-refractivity contribution < 1.29 is 19.0 Å². The Morgan fingerprint density at radius 2 is 1.63 bits per heavy atom. The Bertz CT molecular complexity index is 733. The number of nitrogens with zero attached hydrogens (tertiary/aromatic N) is 1. The lowest BCUT2D eigenvalue weighted by molar-refractivity contribution is -0.0956. The smallest absolute Gasteiger partial charge is 0.253 e. The first-order chi connectivity index (χ1) is 13.3. The molecule has 0 atom stereocenters. The minimum Gasteiger partial charge on any atom is -0.489 e. The highest BCUT2D eigenvalue weighted by Crippen LogP contribution is 2.26. The van der Waals surface area contributed by atoms with Gasteiger partial charge in [-0.3, -0.25) is 4.79 Å². The highest BCUT2D eigenvalue weighted by Gasteiger charge is 2.31. The molecule has 5 nitrogen and oxygen atoms in total. The van der Waals surface area contributed by atoms with E-state index < -0.39 is 0 Å². The van der Waals surface area contributed by atoms with E-state index in [0.29, 0.717) is 31.3 Å². The van der Waals surface area contributed by atoms with E-state index in [0.717, 1.165) is 37.2 Å². The van der Waals surface area contributed by atoms with Gasteiger partial charge in [0.1, 0.15) is 12.4 Å². The zero-order valence-electron chi connectivity index (χ0n) is 15.4. The van der Waals surface area contributed by atoms with Gasteiger partial charge in [0.25, 0.3) is 5.91 Å². The maximum Gasteiger partial charge on any atom is 0.253 e. The topological polar surface area (TPSA) is 48.0 Å². The molecule has 0 unspecified atom stereocenters. The van der Waals surface area contributed by atoms with Crippen LogP contribution in [0.15, 0.2) is 54.6 Å². The van der Waals surface area contributed by atoms with Crippen molar-refractivity contribution in [2.24, 2.45) is 5.92 Å². The van der Waals surface area contributed by atoms with E-state index in [1.165, 1.54) is 0 Å². The normalized spacial score (nSPS) is 18.6. The average molecular weight is 367 g/mol. The number of carbonyl (C=O) groups is 1. The molecule has 1 amide bonds. The summed E-state index contributed by atoms with van der Waals surface area (Å²) in [6.45, 7) is 3.38. The molecule has 2 heterocycles. The molecule has 142 valence electrons. The SMILES string of the molecule is O=C(c1ccc(OCc2ccccc2)cc1)N1CCC(C2OCCO2)CC1. The summed E-state index contributed by atoms with van der Waals surface area (Å²) >= 11 is 0. The second-order valence-corrected chi connectivity index (χ2v) is 7.04. The van der Waals surface area contributed by atoms with Crippen molar-refractivity contribution in [1.29, 1.82) is 0 Å². The molecule has 4 rings (SSSR count). The summed E-state index contributed by atoms with van der Waals surface area (Å²) in [6, 6.07) is 17.5. The molecule has 2 saturated heterocycles. The fourth-order valence-corrected chi connectivity index (χ4v) is 3.64. The van der Waals surface area contributed by atoms with Gasteiger partial charge in [-0.1, -0.05) is 30.3 Å². The Labute approximate surface area is 159 Å². The van der Waals surface area contributed by atoms with E-state index in [2.05, 4.69) is 0 Å². The van der Waals surface area contributed by atoms with Crippen LogP contribution in [0.25, 0.3) is 0 Å². The lowest BCUT2D eigenvalue weighted by Crippen LogP contribution is -2.41. The lowest BCUT2D eigenvalue weighted by atomic mass is 9.95. The maximum absolute atomic E-state index is 12.7. The quantitative estimate of drug-likeness (QED) is 0.812. The predicted molar refractivity (Wildman–Crippen MR) is 102 cm³/mol. The molecule has 2 aromatic rings. The van der Waals surface area contributed by atoms with Crippen LogP contribution in [0.4, 0.5) is 0 Å². The summed E-state index contributed by atoms with van der Waals surface area (Å²) in [5.41, 5.74) is 1.82. The van der Waals surface area contributed by atoms with Gasteiger partial charge in [-0.15, -0.1) is 0 Å². The summed E-state index contributed by atoms with van der Waals surface area (Å²) in [5.74, 6) is 1.24. The number of hydrogen-bond donors (Lipinski definition) is 0. The molecule has 0 saturated carbocycles. The van der Waals surface area contributed by atoms with Crippen molar-refractivity contribution in [1.82, 2.24) is 4.90 Å². The summed E-state index contributed by atoms with van der Waals surface area (Å²) < 4.78 is 17.0. The van der Waals surface area contributed by atoms with E-state index >= 15 is 0 Å². The second-order valence-electron chi connectivity index (χ2n) is 7.04. The minimum absolute atomic E-state index is 0.0799. The van der Waals surface area contributed by atoms with Gasteiger partial charge >= 0.3 is 0 Å². The number of carbonyl (C=O) groups excluding carboxylic acids is 1. The van der Waals surface area contributed by atoms with E-state index in [9.17, 15) is 4.79 Å². The van der Waals surface area contributed by atoms with Crippen molar-refractivity contribution in [3.8, 4) is 5.75 Å². The fourth-order valence-electron chi connectivity index (χ4n) is 3.64. The highest BCUT2D eigenvalue weighted by molar-refractivity contribution is 5.94. The molecule has 0 bridgehead atoms. The Morgan fingerprint density at radius 3 is 2.30 bits per heavy atom. The zero-order chi connectivity index (χ0) is 18.5. The molecule has 2 aliphatic heterocycles. The Kier molecular flexibility index (Phi) is 5.70. The molecule has 0 aromatic heterocycles. The lowest BCUT2D eigenvalue weighted by Gasteiger charge is -2.33. The summed E-state index contributed by atoms with van der Waals surface area (Å²) in [6.07, 6.45) is 1.77. The number of rotatable bonds is 5. The fraction of sp³-hybridized carbons (Fsp3) is 0.409. The van der Waals surface area contributed by atoms with Crippen LogP contribution in [-0.2, 0) is 16.1 Å². The third-order valence-corrected chi connectivity index (χ3v) is 5.21. The molecule has 2 fully saturated rings. The largest absolute Gasteiger partial charge is 0.489 e. The van der Waals surface area contributed by atoms with Crippen molar-refractivity contribution in [3.05, 3.63) is 65.7 Å². The number of likely N-dealkylation sites (tertiary alicyclic amines) is 1. The number of hydrogen-bond acceptors (Lipinski definition) is 4. The van der Waals surface area contributed by atoms with Crippen LogP contribution in [-0.4, -0.2) is 43.4 Å². The summed E-state index contributed by atoms with van der Waals surface area (Å²) in [7, 11) is 0. The zero-order valence-corrected chi connectivity index (χ0v) is 15.4. The standard InChI is InChI=1S/C22H25NO4/c24-21(23-12-10-19(11-13-23)22-25-14-15-26-22)18-6-8-20(9-7-18)27-16-17-4-2-1-3-5-17/h1-9,19,22H,10-16H2. The maximum atomic E-state index is 12.7. The van der Waals surface area contributed by atoms with Crippen LogP contribution in [0.3, 0.4) is 0 Å². The van der Waals surface area contributed by atoms with Gasteiger partial charge in [-0.05, 0) is 42.7 Å². The van der Waals surface area contributed by atoms with Crippen molar-refractivity contribution in [2.75, 3.05) is 26.3 Å². The molecule has 0 radical (unpaired) electrons. The minimum atomic E-state index is -0.0803. The van der Waals surface area contributed by atoms with Crippen molar-refractivity contribution >= 4 is 5.91 Å². The van der Waals surface area contributed by atoms with Crippen LogP contribution in [0.1, 0.15) is 28.8 Å². The number of ether oxygens (including phenoxy) is 3. The van der Waals surface area contributed by atoms with E-state index in [-0.39, 0.29) is 12.2 Å². The van der Waals surface area contributed by atoms with Crippen LogP contribution in [0.2, 0.25) is 0 Å². The Balaban J connectivity index is 1.29. The Morgan fingerprint density at radius 1 is 0.963 bits per heavy atom. The van der Waals surface area contributed by atoms with Gasteiger partial charge in [-0.25, -0.2) is 0 Å². The van der Waals surface area contributed by atoms with E-state index in [1.807, 2.05) is 59.5 Å². The summed E-state index contributed by atoms with van der Waals surface area (Å²) in [4.78, 5) is 14.7. The van der Waals surface area contributed by atoms with E-state index in [4.69, 9.17) is 14.2 Å². The predicted octanol–water partition coefficient (Wildman–Crippen LogP) is 3.49. The average Bonchev–Trinajstić information content (AvgIpc) is 3.28. The first-order valence-corrected chi connectivity index (χ1v) is 9.59. The van der Waals surface area contributed by atoms with Crippen LogP contribution < -0.4 is 4.74 Å². The van der Waals surface area contributed by atoms with Gasteiger partial charge in [0.05, 0.1) is 13.2 Å². The molecule has 2 aliphatic rings. The highest BCUT2D eigenvalue weighted by atomic mass is 16.7. The van der Waals surface area contributed by atoms with Gasteiger partial charge < -0.3 is 19.1 Å². The second kappa shape index (κ2) is 8.55. The monoisotopic (exact) mass is 367 g/mol. The Hall–Kier alpha value is -2.37. The molecule has 0 spiro atoms. The molecule has 5 heteroatoms. The van der Waals surface area contributed by atoms with Gasteiger partial charge in [0.2, 0.25) is 0 Å². The number of amides is 1. The summed E-state index contributed by atoms with van der Waals surface area (Å²) in [5, 5.41) is 0. The van der Waals surface area contributed by atoms with Crippen LogP contribution in [0, 0.1) is 5.92 Å². The molecular formula is C22H25NO4. The van der Waals surface area contributed by atoms with Gasteiger partial charge in [0.15, 0.2) is 6.29 Å². The number of benzene rings is 2. The van der Waals surface area contributed by atoms with Gasteiger partial charge in [-0.2, -0.15) is 0 Å². The third kappa shape index (κ3) is 4.49. The molecule has 0 N–H and O–H groups in total. The molecular weight excluding hydrogens is 342 g/mol. The van der Waals surface area contributed by atoms with Crippen molar-refractivity contribution in [3.63, 3.8) is 0 Å². The first-order valence-electron chi connectivity index (χ1n) is 9.59. The van der Waals surface area contributed by atoms with Gasteiger partial charge in [0, 0.05) is 24.6 Å². The molecule has 2 aromatic carbocycles. The van der Waals surface area contributed by atoms with Crippen molar-refractivity contribution in [2.45, 2.75) is 25.7 Å². The van der Waals surface area contributed by atoms with E-state index in [1.54, 1.807) is 0 Å². The first kappa shape index (κ1) is 18.0. The number of piperidine rings is 1.